The zero-order chi connectivity index (χ0) is 14.1. The maximum atomic E-state index is 4.70. The van der Waals surface area contributed by atoms with Crippen LogP contribution in [-0.2, 0) is 0 Å². The fraction of sp³-hybridized carbons (Fsp3) is 0.235. The summed E-state index contributed by atoms with van der Waals surface area (Å²) in [6.45, 7) is 6.44. The number of nitrogens with one attached hydrogen (secondary N) is 1. The normalized spacial score (nSPS) is 12.6. The van der Waals surface area contributed by atoms with Crippen LogP contribution in [0.25, 0.3) is 10.2 Å². The molecule has 0 saturated heterocycles. The van der Waals surface area contributed by atoms with E-state index in [0.717, 1.165) is 16.2 Å². The van der Waals surface area contributed by atoms with Gasteiger partial charge in [0.2, 0.25) is 0 Å². The molecule has 0 saturated carbocycles. The van der Waals surface area contributed by atoms with Crippen molar-refractivity contribution in [3.05, 3.63) is 58.6 Å². The fourth-order valence-electron chi connectivity index (χ4n) is 2.22. The number of hydrogen-bond acceptors (Lipinski definition) is 3. The lowest BCUT2D eigenvalue weighted by molar-refractivity contribution is 0.874. The number of benzene rings is 2. The second kappa shape index (κ2) is 5.25. The third-order valence-electron chi connectivity index (χ3n) is 3.57. The van der Waals surface area contributed by atoms with Crippen LogP contribution in [0.1, 0.15) is 29.1 Å². The molecule has 0 aliphatic carbocycles. The summed E-state index contributed by atoms with van der Waals surface area (Å²) in [7, 11) is 0. The maximum absolute atomic E-state index is 4.70. The minimum absolute atomic E-state index is 0.217. The largest absolute Gasteiger partial charge is 0.376 e. The van der Waals surface area contributed by atoms with Crippen molar-refractivity contribution >= 4 is 27.2 Å². The van der Waals surface area contributed by atoms with Gasteiger partial charge in [-0.1, -0.05) is 18.2 Å². The molecule has 0 aliphatic heterocycles. The van der Waals surface area contributed by atoms with E-state index in [4.69, 9.17) is 4.98 Å². The Balaban J connectivity index is 1.84. The van der Waals surface area contributed by atoms with Crippen molar-refractivity contribution in [1.29, 1.82) is 0 Å². The van der Waals surface area contributed by atoms with Crippen LogP contribution in [0.15, 0.2) is 42.5 Å². The van der Waals surface area contributed by atoms with E-state index >= 15 is 0 Å². The quantitative estimate of drug-likeness (QED) is 0.724. The van der Waals surface area contributed by atoms with Crippen molar-refractivity contribution in [2.45, 2.75) is 26.8 Å². The van der Waals surface area contributed by atoms with Gasteiger partial charge in [-0.25, -0.2) is 4.98 Å². The maximum Gasteiger partial charge on any atom is 0.116 e. The number of rotatable bonds is 3. The highest BCUT2D eigenvalue weighted by molar-refractivity contribution is 7.18. The molecule has 0 aliphatic rings. The predicted octanol–water partition coefficient (Wildman–Crippen LogP) is 5.09. The van der Waals surface area contributed by atoms with Crippen LogP contribution >= 0.6 is 11.3 Å². The molecule has 2 aromatic carbocycles. The van der Waals surface area contributed by atoms with Gasteiger partial charge in [0.15, 0.2) is 0 Å². The summed E-state index contributed by atoms with van der Waals surface area (Å²) in [6, 6.07) is 15.0. The van der Waals surface area contributed by atoms with Gasteiger partial charge in [0, 0.05) is 5.69 Å². The highest BCUT2D eigenvalue weighted by atomic mass is 32.1. The Morgan fingerprint density at radius 1 is 1.05 bits per heavy atom. The summed E-state index contributed by atoms with van der Waals surface area (Å²) >= 11 is 1.76. The van der Waals surface area contributed by atoms with Crippen molar-refractivity contribution in [1.82, 2.24) is 4.98 Å². The summed E-state index contributed by atoms with van der Waals surface area (Å²) in [5, 5.41) is 4.66. The standard InChI is InChI=1S/C17H18N2S/c1-11-8-9-14(10-12(11)2)18-13(3)17-19-15-6-4-5-7-16(15)20-17/h4-10,13,18H,1-3H3. The Morgan fingerprint density at radius 2 is 1.85 bits per heavy atom. The summed E-state index contributed by atoms with van der Waals surface area (Å²) in [6.07, 6.45) is 0. The van der Waals surface area contributed by atoms with E-state index < -0.39 is 0 Å². The number of aromatic nitrogens is 1. The number of thiazole rings is 1. The molecule has 2 nitrogen and oxygen atoms in total. The molecule has 0 fully saturated rings. The molecule has 1 heterocycles. The molecule has 3 heteroatoms. The summed E-state index contributed by atoms with van der Waals surface area (Å²) in [5.41, 5.74) is 4.87. The van der Waals surface area contributed by atoms with E-state index in [9.17, 15) is 0 Å². The summed E-state index contributed by atoms with van der Waals surface area (Å²) in [5.74, 6) is 0. The van der Waals surface area contributed by atoms with Crippen LogP contribution in [0.4, 0.5) is 5.69 Å². The zero-order valence-electron chi connectivity index (χ0n) is 12.0. The average molecular weight is 282 g/mol. The first-order valence-electron chi connectivity index (χ1n) is 6.83. The molecule has 1 atom stereocenters. The van der Waals surface area contributed by atoms with Crippen LogP contribution < -0.4 is 5.32 Å². The predicted molar refractivity (Wildman–Crippen MR) is 87.6 cm³/mol. The van der Waals surface area contributed by atoms with Crippen molar-refractivity contribution < 1.29 is 0 Å². The molecule has 0 spiro atoms. The summed E-state index contributed by atoms with van der Waals surface area (Å²) in [4.78, 5) is 4.70. The second-order valence-corrected chi connectivity index (χ2v) is 6.25. The Bertz CT molecular complexity index is 713. The molecule has 3 aromatic rings. The van der Waals surface area contributed by atoms with Crippen molar-refractivity contribution in [3.63, 3.8) is 0 Å². The SMILES string of the molecule is Cc1ccc(NC(C)c2nc3ccccc3s2)cc1C. The molecule has 0 radical (unpaired) electrons. The van der Waals surface area contributed by atoms with Crippen LogP contribution in [0, 0.1) is 13.8 Å². The number of hydrogen-bond donors (Lipinski definition) is 1. The molecule has 1 N–H and O–H groups in total. The van der Waals surface area contributed by atoms with Gasteiger partial charge < -0.3 is 5.32 Å². The molecular weight excluding hydrogens is 264 g/mol. The monoisotopic (exact) mass is 282 g/mol. The average Bonchev–Trinajstić information content (AvgIpc) is 2.87. The number of aryl methyl sites for hydroxylation is 2. The van der Waals surface area contributed by atoms with E-state index in [0.29, 0.717) is 0 Å². The Hall–Kier alpha value is -1.87. The fourth-order valence-corrected chi connectivity index (χ4v) is 3.19. The summed E-state index contributed by atoms with van der Waals surface area (Å²) < 4.78 is 1.25. The lowest BCUT2D eigenvalue weighted by Crippen LogP contribution is -2.06. The van der Waals surface area contributed by atoms with Gasteiger partial charge in [-0.15, -0.1) is 11.3 Å². The third-order valence-corrected chi connectivity index (χ3v) is 4.79. The molecule has 0 amide bonds. The van der Waals surface area contributed by atoms with Gasteiger partial charge >= 0.3 is 0 Å². The Kier molecular flexibility index (Phi) is 3.45. The van der Waals surface area contributed by atoms with E-state index in [1.54, 1.807) is 11.3 Å². The third kappa shape index (κ3) is 2.54. The molecule has 1 aromatic heterocycles. The smallest absolute Gasteiger partial charge is 0.116 e. The van der Waals surface area contributed by atoms with E-state index in [-0.39, 0.29) is 6.04 Å². The first-order chi connectivity index (χ1) is 9.63. The molecule has 20 heavy (non-hydrogen) atoms. The van der Waals surface area contributed by atoms with E-state index in [1.165, 1.54) is 15.8 Å². The highest BCUT2D eigenvalue weighted by Crippen LogP contribution is 2.28. The topological polar surface area (TPSA) is 24.9 Å². The van der Waals surface area contributed by atoms with Gasteiger partial charge in [0.1, 0.15) is 5.01 Å². The Labute approximate surface area is 123 Å². The van der Waals surface area contributed by atoms with E-state index in [2.05, 4.69) is 62.5 Å². The van der Waals surface area contributed by atoms with Crippen molar-refractivity contribution in [2.75, 3.05) is 5.32 Å². The minimum Gasteiger partial charge on any atom is -0.376 e. The zero-order valence-corrected chi connectivity index (χ0v) is 12.8. The van der Waals surface area contributed by atoms with Crippen molar-refractivity contribution in [3.8, 4) is 0 Å². The lowest BCUT2D eigenvalue weighted by atomic mass is 10.1. The first-order valence-corrected chi connectivity index (χ1v) is 7.64. The van der Waals surface area contributed by atoms with Crippen LogP contribution in [0.2, 0.25) is 0 Å². The number of nitrogens with zero attached hydrogens (tertiary/aromatic N) is 1. The number of para-hydroxylation sites is 1. The molecule has 102 valence electrons. The number of fused-ring (bicyclic) bond motifs is 1. The van der Waals surface area contributed by atoms with Crippen LogP contribution in [-0.4, -0.2) is 4.98 Å². The van der Waals surface area contributed by atoms with Crippen LogP contribution in [0.3, 0.4) is 0 Å². The number of anilines is 1. The van der Waals surface area contributed by atoms with Gasteiger partial charge in [-0.3, -0.25) is 0 Å². The van der Waals surface area contributed by atoms with Gasteiger partial charge in [0.25, 0.3) is 0 Å². The van der Waals surface area contributed by atoms with Crippen molar-refractivity contribution in [2.24, 2.45) is 0 Å². The molecule has 3 rings (SSSR count). The van der Waals surface area contributed by atoms with Gasteiger partial charge in [0.05, 0.1) is 16.3 Å². The highest BCUT2D eigenvalue weighted by Gasteiger charge is 2.11. The molecular formula is C17H18N2S. The minimum atomic E-state index is 0.217. The van der Waals surface area contributed by atoms with Gasteiger partial charge in [-0.05, 0) is 56.2 Å². The van der Waals surface area contributed by atoms with Crippen LogP contribution in [0.5, 0.6) is 0 Å². The first kappa shape index (κ1) is 13.1. The lowest BCUT2D eigenvalue weighted by Gasteiger charge is -2.13. The second-order valence-electron chi connectivity index (χ2n) is 5.18. The molecule has 0 bridgehead atoms. The molecule has 1 unspecified atom stereocenters. The van der Waals surface area contributed by atoms with Gasteiger partial charge in [-0.2, -0.15) is 0 Å². The Morgan fingerprint density at radius 3 is 2.60 bits per heavy atom. The van der Waals surface area contributed by atoms with E-state index in [1.807, 2.05) is 6.07 Å².